The summed E-state index contributed by atoms with van der Waals surface area (Å²) in [5, 5.41) is 4.24. The van der Waals surface area contributed by atoms with Crippen molar-refractivity contribution in [1.29, 1.82) is 0 Å². The third kappa shape index (κ3) is 2.43. The minimum absolute atomic E-state index is 0.0444. The van der Waals surface area contributed by atoms with Crippen molar-refractivity contribution in [3.63, 3.8) is 0 Å². The average Bonchev–Trinajstić information content (AvgIpc) is 3.03. The standard InChI is InChI=1S/C16H18ClNO2/c1-3-18-15(12-6-10(2)20-9-12)14-8-13(17)7-11-4-5-19-16(11)14/h6-9,15,18H,3-5H2,1-2H3. The molecule has 0 fully saturated rings. The van der Waals surface area contributed by atoms with Crippen LogP contribution >= 0.6 is 11.6 Å². The number of nitrogens with one attached hydrogen (secondary N) is 1. The summed E-state index contributed by atoms with van der Waals surface area (Å²) in [7, 11) is 0. The van der Waals surface area contributed by atoms with E-state index in [0.29, 0.717) is 0 Å². The minimum atomic E-state index is 0.0444. The van der Waals surface area contributed by atoms with E-state index in [1.54, 1.807) is 6.26 Å². The van der Waals surface area contributed by atoms with Gasteiger partial charge in [-0.25, -0.2) is 0 Å². The molecule has 106 valence electrons. The third-order valence-corrected chi connectivity index (χ3v) is 3.80. The molecule has 2 aromatic rings. The van der Waals surface area contributed by atoms with Crippen LogP contribution in [-0.4, -0.2) is 13.2 Å². The monoisotopic (exact) mass is 291 g/mol. The summed E-state index contributed by atoms with van der Waals surface area (Å²) in [5.41, 5.74) is 3.38. The van der Waals surface area contributed by atoms with Crippen molar-refractivity contribution in [3.05, 3.63) is 51.9 Å². The molecule has 1 atom stereocenters. The number of ether oxygens (including phenoxy) is 1. The maximum Gasteiger partial charge on any atom is 0.127 e. The molecule has 1 aromatic heterocycles. The van der Waals surface area contributed by atoms with Crippen molar-refractivity contribution >= 4 is 11.6 Å². The van der Waals surface area contributed by atoms with E-state index in [1.807, 2.05) is 19.1 Å². The van der Waals surface area contributed by atoms with Crippen molar-refractivity contribution in [2.24, 2.45) is 0 Å². The van der Waals surface area contributed by atoms with Crippen molar-refractivity contribution in [2.75, 3.05) is 13.2 Å². The molecule has 4 heteroatoms. The van der Waals surface area contributed by atoms with Gasteiger partial charge in [-0.05, 0) is 37.2 Å². The lowest BCUT2D eigenvalue weighted by Gasteiger charge is -2.20. The molecule has 0 amide bonds. The fourth-order valence-electron chi connectivity index (χ4n) is 2.74. The van der Waals surface area contributed by atoms with Crippen molar-refractivity contribution < 1.29 is 9.15 Å². The van der Waals surface area contributed by atoms with Crippen LogP contribution < -0.4 is 10.1 Å². The minimum Gasteiger partial charge on any atom is -0.493 e. The topological polar surface area (TPSA) is 34.4 Å². The fourth-order valence-corrected chi connectivity index (χ4v) is 2.99. The SMILES string of the molecule is CCNC(c1coc(C)c1)c1cc(Cl)cc2c1OCC2. The van der Waals surface area contributed by atoms with E-state index in [-0.39, 0.29) is 6.04 Å². The summed E-state index contributed by atoms with van der Waals surface area (Å²) in [5.74, 6) is 1.88. The van der Waals surface area contributed by atoms with Gasteiger partial charge in [0, 0.05) is 22.6 Å². The largest absolute Gasteiger partial charge is 0.493 e. The molecule has 3 nitrogen and oxygen atoms in total. The Bertz CT molecular complexity index is 621. The molecule has 0 saturated carbocycles. The van der Waals surface area contributed by atoms with E-state index in [4.69, 9.17) is 20.8 Å². The van der Waals surface area contributed by atoms with Crippen LogP contribution in [0.2, 0.25) is 5.02 Å². The van der Waals surface area contributed by atoms with Gasteiger partial charge in [0.05, 0.1) is 18.9 Å². The number of furan rings is 1. The van der Waals surface area contributed by atoms with Gasteiger partial charge < -0.3 is 14.5 Å². The number of hydrogen-bond donors (Lipinski definition) is 1. The van der Waals surface area contributed by atoms with Gasteiger partial charge in [0.1, 0.15) is 11.5 Å². The quantitative estimate of drug-likeness (QED) is 0.928. The highest BCUT2D eigenvalue weighted by Gasteiger charge is 2.25. The van der Waals surface area contributed by atoms with Crippen LogP contribution in [0.5, 0.6) is 5.75 Å². The maximum atomic E-state index is 6.26. The van der Waals surface area contributed by atoms with Crippen LogP contribution in [0, 0.1) is 6.92 Å². The summed E-state index contributed by atoms with van der Waals surface area (Å²) in [4.78, 5) is 0. The molecular formula is C16H18ClNO2. The molecule has 1 aliphatic rings. The zero-order valence-corrected chi connectivity index (χ0v) is 12.5. The smallest absolute Gasteiger partial charge is 0.127 e. The van der Waals surface area contributed by atoms with Crippen LogP contribution in [0.3, 0.4) is 0 Å². The van der Waals surface area contributed by atoms with Gasteiger partial charge in [-0.2, -0.15) is 0 Å². The molecule has 1 N–H and O–H groups in total. The van der Waals surface area contributed by atoms with Gasteiger partial charge in [0.15, 0.2) is 0 Å². The highest BCUT2D eigenvalue weighted by Crippen LogP contribution is 2.38. The Morgan fingerprint density at radius 2 is 2.20 bits per heavy atom. The molecule has 1 aromatic carbocycles. The molecule has 20 heavy (non-hydrogen) atoms. The second-order valence-corrected chi connectivity index (χ2v) is 5.50. The zero-order valence-electron chi connectivity index (χ0n) is 11.7. The Morgan fingerprint density at radius 1 is 1.35 bits per heavy atom. The molecule has 0 bridgehead atoms. The van der Waals surface area contributed by atoms with Crippen LogP contribution in [0.4, 0.5) is 0 Å². The highest BCUT2D eigenvalue weighted by molar-refractivity contribution is 6.30. The molecule has 0 saturated heterocycles. The highest BCUT2D eigenvalue weighted by atomic mass is 35.5. The van der Waals surface area contributed by atoms with E-state index in [2.05, 4.69) is 18.3 Å². The molecule has 3 rings (SSSR count). The second-order valence-electron chi connectivity index (χ2n) is 5.06. The first-order chi connectivity index (χ1) is 9.69. The van der Waals surface area contributed by atoms with Crippen molar-refractivity contribution in [1.82, 2.24) is 5.32 Å². The van der Waals surface area contributed by atoms with E-state index in [1.165, 1.54) is 5.56 Å². The lowest BCUT2D eigenvalue weighted by Crippen LogP contribution is -2.22. The first-order valence-electron chi connectivity index (χ1n) is 6.92. The molecular weight excluding hydrogens is 274 g/mol. The number of fused-ring (bicyclic) bond motifs is 1. The van der Waals surface area contributed by atoms with Gasteiger partial charge in [0.25, 0.3) is 0 Å². The fraction of sp³-hybridized carbons (Fsp3) is 0.375. The Kier molecular flexibility index (Phi) is 3.72. The number of hydrogen-bond acceptors (Lipinski definition) is 3. The Morgan fingerprint density at radius 3 is 2.90 bits per heavy atom. The van der Waals surface area contributed by atoms with Crippen molar-refractivity contribution in [3.8, 4) is 5.75 Å². The van der Waals surface area contributed by atoms with Gasteiger partial charge in [-0.1, -0.05) is 18.5 Å². The predicted octanol–water partition coefficient (Wildman–Crippen LogP) is 3.88. The number of halogens is 1. The number of rotatable bonds is 4. The van der Waals surface area contributed by atoms with Gasteiger partial charge >= 0.3 is 0 Å². The van der Waals surface area contributed by atoms with E-state index < -0.39 is 0 Å². The van der Waals surface area contributed by atoms with E-state index in [0.717, 1.165) is 47.2 Å². The lowest BCUT2D eigenvalue weighted by atomic mass is 9.97. The molecule has 1 aliphatic heterocycles. The van der Waals surface area contributed by atoms with Crippen LogP contribution in [0.15, 0.2) is 28.9 Å². The summed E-state index contributed by atoms with van der Waals surface area (Å²) in [6, 6.07) is 6.08. The van der Waals surface area contributed by atoms with Crippen LogP contribution in [0.25, 0.3) is 0 Å². The first kappa shape index (κ1) is 13.5. The van der Waals surface area contributed by atoms with E-state index >= 15 is 0 Å². The molecule has 0 aliphatic carbocycles. The second kappa shape index (κ2) is 5.51. The zero-order chi connectivity index (χ0) is 14.1. The van der Waals surface area contributed by atoms with Crippen molar-refractivity contribution in [2.45, 2.75) is 26.3 Å². The normalized spacial score (nSPS) is 14.9. The average molecular weight is 292 g/mol. The summed E-state index contributed by atoms with van der Waals surface area (Å²) >= 11 is 6.26. The van der Waals surface area contributed by atoms with Gasteiger partial charge in [0.2, 0.25) is 0 Å². The van der Waals surface area contributed by atoms with Crippen LogP contribution in [-0.2, 0) is 6.42 Å². The maximum absolute atomic E-state index is 6.26. The molecule has 2 heterocycles. The Labute approximate surface area is 123 Å². The summed E-state index contributed by atoms with van der Waals surface area (Å²) < 4.78 is 11.3. The summed E-state index contributed by atoms with van der Waals surface area (Å²) in [6.07, 6.45) is 2.72. The third-order valence-electron chi connectivity index (χ3n) is 3.58. The first-order valence-corrected chi connectivity index (χ1v) is 7.30. The number of aryl methyl sites for hydroxylation is 1. The van der Waals surface area contributed by atoms with Gasteiger partial charge in [-0.3, -0.25) is 0 Å². The van der Waals surface area contributed by atoms with Gasteiger partial charge in [-0.15, -0.1) is 0 Å². The summed E-state index contributed by atoms with van der Waals surface area (Å²) in [6.45, 7) is 5.62. The predicted molar refractivity (Wildman–Crippen MR) is 79.6 cm³/mol. The Hall–Kier alpha value is -1.45. The number of benzene rings is 1. The Balaban J connectivity index is 2.08. The molecule has 0 radical (unpaired) electrons. The molecule has 1 unspecified atom stereocenters. The molecule has 0 spiro atoms. The lowest BCUT2D eigenvalue weighted by molar-refractivity contribution is 0.350. The van der Waals surface area contributed by atoms with Crippen LogP contribution in [0.1, 0.15) is 35.4 Å². The van der Waals surface area contributed by atoms with E-state index in [9.17, 15) is 0 Å².